The first-order valence-electron chi connectivity index (χ1n) is 6.76. The standard InChI is InChI=1S/C11H18N2O3.C2H6/c1-3-15-10(14)9-7-11(16-12-9)5-4-6-13(2)8-11;1-2/h3-8H2,1-2H3;1-2H3. The quantitative estimate of drug-likeness (QED) is 0.707. The lowest BCUT2D eigenvalue weighted by Crippen LogP contribution is -2.46. The Balaban J connectivity index is 0.000000771. The minimum absolute atomic E-state index is 0.283. The highest BCUT2D eigenvalue weighted by molar-refractivity contribution is 6.36. The molecule has 2 aliphatic heterocycles. The van der Waals surface area contributed by atoms with Crippen LogP contribution in [0.25, 0.3) is 0 Å². The van der Waals surface area contributed by atoms with E-state index in [0.717, 1.165) is 25.9 Å². The summed E-state index contributed by atoms with van der Waals surface area (Å²) >= 11 is 0. The van der Waals surface area contributed by atoms with E-state index >= 15 is 0 Å². The Bertz CT molecular complexity index is 317. The van der Waals surface area contributed by atoms with Crippen molar-refractivity contribution in [2.45, 2.75) is 45.6 Å². The molecule has 5 nitrogen and oxygen atoms in total. The van der Waals surface area contributed by atoms with Crippen molar-refractivity contribution in [2.75, 3.05) is 26.7 Å². The van der Waals surface area contributed by atoms with Gasteiger partial charge in [-0.2, -0.15) is 0 Å². The molecule has 2 heterocycles. The summed E-state index contributed by atoms with van der Waals surface area (Å²) in [6.07, 6.45) is 2.63. The number of hydrogen-bond donors (Lipinski definition) is 0. The zero-order valence-electron chi connectivity index (χ0n) is 11.9. The third-order valence-corrected chi connectivity index (χ3v) is 3.08. The molecule has 1 spiro atoms. The summed E-state index contributed by atoms with van der Waals surface area (Å²) < 4.78 is 4.92. The lowest BCUT2D eigenvalue weighted by atomic mass is 9.88. The summed E-state index contributed by atoms with van der Waals surface area (Å²) in [6.45, 7) is 8.09. The number of ether oxygens (including phenoxy) is 1. The van der Waals surface area contributed by atoms with Gasteiger partial charge in [-0.15, -0.1) is 0 Å². The monoisotopic (exact) mass is 256 g/mol. The summed E-state index contributed by atoms with van der Waals surface area (Å²) in [7, 11) is 2.06. The van der Waals surface area contributed by atoms with Gasteiger partial charge in [0.1, 0.15) is 0 Å². The molecule has 18 heavy (non-hydrogen) atoms. The Morgan fingerprint density at radius 1 is 1.56 bits per heavy atom. The molecule has 2 aliphatic rings. The van der Waals surface area contributed by atoms with Crippen LogP contribution >= 0.6 is 0 Å². The van der Waals surface area contributed by atoms with Crippen molar-refractivity contribution >= 4 is 11.7 Å². The van der Waals surface area contributed by atoms with Crippen molar-refractivity contribution in [3.05, 3.63) is 0 Å². The average Bonchev–Trinajstić information content (AvgIpc) is 2.76. The number of rotatable bonds is 2. The molecule has 0 amide bonds. The highest BCUT2D eigenvalue weighted by Crippen LogP contribution is 2.33. The molecular weight excluding hydrogens is 232 g/mol. The molecule has 0 N–H and O–H groups in total. The van der Waals surface area contributed by atoms with Gasteiger partial charge in [0, 0.05) is 13.0 Å². The molecule has 5 heteroatoms. The van der Waals surface area contributed by atoms with Crippen LogP contribution in [0.15, 0.2) is 5.16 Å². The Morgan fingerprint density at radius 2 is 2.28 bits per heavy atom. The molecular formula is C13H24N2O3. The van der Waals surface area contributed by atoms with E-state index in [1.807, 2.05) is 13.8 Å². The predicted molar refractivity (Wildman–Crippen MR) is 70.6 cm³/mol. The summed E-state index contributed by atoms with van der Waals surface area (Å²) in [5, 5.41) is 3.88. The zero-order chi connectivity index (χ0) is 13.6. The van der Waals surface area contributed by atoms with E-state index in [1.54, 1.807) is 6.92 Å². The van der Waals surface area contributed by atoms with Gasteiger partial charge in [0.15, 0.2) is 11.3 Å². The van der Waals surface area contributed by atoms with Crippen LogP contribution in [0, 0.1) is 0 Å². The van der Waals surface area contributed by atoms with Crippen LogP contribution in [0.2, 0.25) is 0 Å². The van der Waals surface area contributed by atoms with Crippen LogP contribution in [0.3, 0.4) is 0 Å². The van der Waals surface area contributed by atoms with E-state index in [-0.39, 0.29) is 11.6 Å². The van der Waals surface area contributed by atoms with Crippen molar-refractivity contribution in [1.82, 2.24) is 4.90 Å². The fraction of sp³-hybridized carbons (Fsp3) is 0.846. The van der Waals surface area contributed by atoms with Crippen LogP contribution < -0.4 is 0 Å². The number of esters is 1. The minimum Gasteiger partial charge on any atom is -0.461 e. The van der Waals surface area contributed by atoms with E-state index < -0.39 is 0 Å². The van der Waals surface area contributed by atoms with Crippen molar-refractivity contribution in [1.29, 1.82) is 0 Å². The average molecular weight is 256 g/mol. The summed E-state index contributed by atoms with van der Waals surface area (Å²) in [5.74, 6) is -0.340. The third kappa shape index (κ3) is 3.45. The molecule has 1 atom stereocenters. The second-order valence-electron chi connectivity index (χ2n) is 4.55. The molecule has 1 fully saturated rings. The van der Waals surface area contributed by atoms with E-state index in [2.05, 4.69) is 17.1 Å². The number of oxime groups is 1. The predicted octanol–water partition coefficient (Wildman–Crippen LogP) is 1.82. The second-order valence-corrected chi connectivity index (χ2v) is 4.55. The molecule has 0 saturated carbocycles. The van der Waals surface area contributed by atoms with Gasteiger partial charge >= 0.3 is 5.97 Å². The van der Waals surface area contributed by atoms with Gasteiger partial charge in [-0.3, -0.25) is 0 Å². The van der Waals surface area contributed by atoms with Crippen molar-refractivity contribution in [2.24, 2.45) is 5.16 Å². The van der Waals surface area contributed by atoms with Crippen LogP contribution in [-0.4, -0.2) is 48.9 Å². The molecule has 2 rings (SSSR count). The van der Waals surface area contributed by atoms with Crippen molar-refractivity contribution < 1.29 is 14.4 Å². The first kappa shape index (κ1) is 15.0. The lowest BCUT2D eigenvalue weighted by Gasteiger charge is -2.36. The van der Waals surface area contributed by atoms with Gasteiger partial charge in [0.05, 0.1) is 6.61 Å². The number of likely N-dealkylation sites (N-methyl/N-ethyl adjacent to an activating group) is 1. The minimum atomic E-state index is -0.340. The first-order valence-corrected chi connectivity index (χ1v) is 6.76. The van der Waals surface area contributed by atoms with Crippen molar-refractivity contribution in [3.8, 4) is 0 Å². The van der Waals surface area contributed by atoms with Gasteiger partial charge in [-0.1, -0.05) is 19.0 Å². The van der Waals surface area contributed by atoms with E-state index in [4.69, 9.17) is 9.57 Å². The van der Waals surface area contributed by atoms with Gasteiger partial charge in [-0.25, -0.2) is 4.79 Å². The zero-order valence-corrected chi connectivity index (χ0v) is 11.9. The molecule has 0 aromatic rings. The summed E-state index contributed by atoms with van der Waals surface area (Å²) in [4.78, 5) is 19.2. The number of likely N-dealkylation sites (tertiary alicyclic amines) is 1. The molecule has 0 radical (unpaired) electrons. The van der Waals surface area contributed by atoms with Gasteiger partial charge < -0.3 is 14.5 Å². The maximum Gasteiger partial charge on any atom is 0.356 e. The summed E-state index contributed by atoms with van der Waals surface area (Å²) in [5.41, 5.74) is 0.145. The maximum atomic E-state index is 11.5. The van der Waals surface area contributed by atoms with Crippen LogP contribution in [0.4, 0.5) is 0 Å². The number of nitrogens with zero attached hydrogens (tertiary/aromatic N) is 2. The van der Waals surface area contributed by atoms with Gasteiger partial charge in [-0.05, 0) is 33.4 Å². The molecule has 1 unspecified atom stereocenters. The fourth-order valence-electron chi connectivity index (χ4n) is 2.39. The van der Waals surface area contributed by atoms with Crippen LogP contribution in [0.1, 0.15) is 40.0 Å². The molecule has 0 aliphatic carbocycles. The highest BCUT2D eigenvalue weighted by atomic mass is 16.7. The topological polar surface area (TPSA) is 51.1 Å². The van der Waals surface area contributed by atoms with Crippen LogP contribution in [0.5, 0.6) is 0 Å². The number of piperidine rings is 1. The van der Waals surface area contributed by atoms with E-state index in [1.165, 1.54) is 0 Å². The molecule has 0 aromatic heterocycles. The van der Waals surface area contributed by atoms with Crippen molar-refractivity contribution in [3.63, 3.8) is 0 Å². The number of carbonyl (C=O) groups excluding carboxylic acids is 1. The largest absolute Gasteiger partial charge is 0.461 e. The van der Waals surface area contributed by atoms with Gasteiger partial charge in [0.25, 0.3) is 0 Å². The maximum absolute atomic E-state index is 11.5. The molecule has 1 saturated heterocycles. The fourth-order valence-corrected chi connectivity index (χ4v) is 2.39. The number of hydrogen-bond acceptors (Lipinski definition) is 5. The molecule has 0 bridgehead atoms. The molecule has 0 aromatic carbocycles. The second kappa shape index (κ2) is 6.73. The number of carbonyl (C=O) groups is 1. The Hall–Kier alpha value is -1.10. The van der Waals surface area contributed by atoms with E-state index in [9.17, 15) is 4.79 Å². The normalized spacial score (nSPS) is 27.0. The highest BCUT2D eigenvalue weighted by Gasteiger charge is 2.44. The Labute approximate surface area is 109 Å². The Morgan fingerprint density at radius 3 is 2.89 bits per heavy atom. The first-order chi connectivity index (χ1) is 8.65. The third-order valence-electron chi connectivity index (χ3n) is 3.08. The smallest absolute Gasteiger partial charge is 0.356 e. The summed E-state index contributed by atoms with van der Waals surface area (Å²) in [6, 6.07) is 0. The lowest BCUT2D eigenvalue weighted by molar-refractivity contribution is -0.135. The molecule has 104 valence electrons. The van der Waals surface area contributed by atoms with Crippen LogP contribution in [-0.2, 0) is 14.4 Å². The Kier molecular flexibility index (Phi) is 5.59. The SMILES string of the molecule is CC.CCOC(=O)C1=NOC2(CCCN(C)C2)C1. The van der Waals surface area contributed by atoms with Gasteiger partial charge in [0.2, 0.25) is 0 Å². The van der Waals surface area contributed by atoms with E-state index in [0.29, 0.717) is 18.7 Å².